The maximum Gasteiger partial charge on any atom is 0.247 e. The van der Waals surface area contributed by atoms with E-state index in [0.29, 0.717) is 16.8 Å². The first-order valence-electron chi connectivity index (χ1n) is 7.79. The van der Waals surface area contributed by atoms with Crippen molar-refractivity contribution in [3.63, 3.8) is 0 Å². The zero-order chi connectivity index (χ0) is 17.1. The van der Waals surface area contributed by atoms with Gasteiger partial charge in [-0.15, -0.1) is 11.3 Å². The molecule has 8 heteroatoms. The minimum Gasteiger partial charge on any atom is -0.439 e. The van der Waals surface area contributed by atoms with Gasteiger partial charge in [-0.3, -0.25) is 4.79 Å². The van der Waals surface area contributed by atoms with Crippen LogP contribution in [0.3, 0.4) is 0 Å². The molecular formula is C16H20N4O2S2. The van der Waals surface area contributed by atoms with Gasteiger partial charge in [0.15, 0.2) is 10.9 Å². The van der Waals surface area contributed by atoms with Crippen LogP contribution in [-0.2, 0) is 10.5 Å². The van der Waals surface area contributed by atoms with E-state index in [2.05, 4.69) is 9.98 Å². The topological polar surface area (TPSA) is 84.7 Å². The predicted octanol–water partition coefficient (Wildman–Crippen LogP) is 2.96. The molecule has 0 radical (unpaired) electrons. The largest absolute Gasteiger partial charge is 0.439 e. The number of aliphatic imine (C=N–C) groups is 1. The van der Waals surface area contributed by atoms with Crippen LogP contribution in [0.15, 0.2) is 33.1 Å². The van der Waals surface area contributed by atoms with Crippen LogP contribution in [0, 0.1) is 0 Å². The summed E-state index contributed by atoms with van der Waals surface area (Å²) in [6.07, 6.45) is 2.44. The van der Waals surface area contributed by atoms with Crippen molar-refractivity contribution in [3.05, 3.63) is 29.6 Å². The summed E-state index contributed by atoms with van der Waals surface area (Å²) in [5, 5.41) is 2.39. The first kappa shape index (κ1) is 17.0. The molecule has 3 heterocycles. The maximum absolute atomic E-state index is 12.2. The van der Waals surface area contributed by atoms with E-state index in [4.69, 9.17) is 10.2 Å². The van der Waals surface area contributed by atoms with E-state index in [-0.39, 0.29) is 18.0 Å². The molecule has 1 amide bonds. The van der Waals surface area contributed by atoms with Crippen molar-refractivity contribution in [2.24, 2.45) is 10.7 Å². The Morgan fingerprint density at radius 2 is 2.46 bits per heavy atom. The summed E-state index contributed by atoms with van der Waals surface area (Å²) in [7, 11) is 0. The number of amides is 1. The molecule has 24 heavy (non-hydrogen) atoms. The third-order valence-electron chi connectivity index (χ3n) is 3.78. The van der Waals surface area contributed by atoms with E-state index < -0.39 is 0 Å². The first-order valence-corrected chi connectivity index (χ1v) is 9.66. The van der Waals surface area contributed by atoms with E-state index in [1.54, 1.807) is 17.5 Å². The Labute approximate surface area is 149 Å². The van der Waals surface area contributed by atoms with Crippen molar-refractivity contribution < 1.29 is 9.21 Å². The first-order chi connectivity index (χ1) is 11.5. The van der Waals surface area contributed by atoms with Crippen LogP contribution < -0.4 is 5.73 Å². The molecule has 3 rings (SSSR count). The van der Waals surface area contributed by atoms with Crippen LogP contribution in [0.2, 0.25) is 0 Å². The number of hydrogen-bond donors (Lipinski definition) is 1. The molecule has 2 aromatic rings. The van der Waals surface area contributed by atoms with Gasteiger partial charge in [0.05, 0.1) is 16.8 Å². The van der Waals surface area contributed by atoms with Crippen molar-refractivity contribution in [2.75, 3.05) is 6.54 Å². The second kappa shape index (κ2) is 7.40. The van der Waals surface area contributed by atoms with Crippen LogP contribution in [-0.4, -0.2) is 39.6 Å². The molecule has 1 atom stereocenters. The van der Waals surface area contributed by atoms with Gasteiger partial charge in [0.25, 0.3) is 0 Å². The number of nitrogens with zero attached hydrogens (tertiary/aromatic N) is 3. The highest BCUT2D eigenvalue weighted by molar-refractivity contribution is 8.13. The van der Waals surface area contributed by atoms with Crippen LogP contribution in [0.25, 0.3) is 10.6 Å². The fourth-order valence-electron chi connectivity index (χ4n) is 2.56. The maximum atomic E-state index is 12.2. The standard InChI is InChI=1S/C16H20N4O2S2/c1-10(2)20-6-5-11(15(20)21)19-16(17)24-9-14-18-8-12(22-14)13-4-3-7-23-13/h3-4,7-8,10-11H,5-6,9H2,1-2H3,(H2,17,19). The smallest absolute Gasteiger partial charge is 0.247 e. The molecule has 1 saturated heterocycles. The zero-order valence-corrected chi connectivity index (χ0v) is 15.3. The van der Waals surface area contributed by atoms with E-state index in [9.17, 15) is 4.79 Å². The van der Waals surface area contributed by atoms with Gasteiger partial charge in [0.2, 0.25) is 11.8 Å². The van der Waals surface area contributed by atoms with Gasteiger partial charge in [0, 0.05) is 12.6 Å². The molecular weight excluding hydrogens is 344 g/mol. The van der Waals surface area contributed by atoms with Crippen LogP contribution in [0.4, 0.5) is 0 Å². The lowest BCUT2D eigenvalue weighted by molar-refractivity contribution is -0.130. The van der Waals surface area contributed by atoms with Crippen molar-refractivity contribution in [3.8, 4) is 10.6 Å². The van der Waals surface area contributed by atoms with E-state index in [1.807, 2.05) is 36.3 Å². The summed E-state index contributed by atoms with van der Waals surface area (Å²) in [6.45, 7) is 4.76. The number of carbonyl (C=O) groups excluding carboxylic acids is 1. The van der Waals surface area contributed by atoms with E-state index >= 15 is 0 Å². The van der Waals surface area contributed by atoms with Gasteiger partial charge < -0.3 is 15.1 Å². The predicted molar refractivity (Wildman–Crippen MR) is 98.0 cm³/mol. The molecule has 2 aromatic heterocycles. The molecule has 6 nitrogen and oxygen atoms in total. The lowest BCUT2D eigenvalue weighted by Crippen LogP contribution is -2.35. The fraction of sp³-hybridized carbons (Fsp3) is 0.438. The molecule has 1 fully saturated rings. The second-order valence-electron chi connectivity index (χ2n) is 5.78. The van der Waals surface area contributed by atoms with Crippen molar-refractivity contribution in [1.29, 1.82) is 0 Å². The summed E-state index contributed by atoms with van der Waals surface area (Å²) in [5.41, 5.74) is 5.96. The number of thioether (sulfide) groups is 1. The summed E-state index contributed by atoms with van der Waals surface area (Å²) in [6, 6.07) is 3.81. The number of amidine groups is 1. The summed E-state index contributed by atoms with van der Waals surface area (Å²) in [4.78, 5) is 23.7. The summed E-state index contributed by atoms with van der Waals surface area (Å²) in [5.74, 6) is 1.91. The van der Waals surface area contributed by atoms with Crippen LogP contribution in [0.5, 0.6) is 0 Å². The van der Waals surface area contributed by atoms with Crippen molar-refractivity contribution in [1.82, 2.24) is 9.88 Å². The minimum absolute atomic E-state index is 0.0599. The summed E-state index contributed by atoms with van der Waals surface area (Å²) >= 11 is 2.95. The highest BCUT2D eigenvalue weighted by atomic mass is 32.2. The number of likely N-dealkylation sites (tertiary alicyclic amines) is 1. The molecule has 1 aliphatic rings. The Morgan fingerprint density at radius 1 is 1.62 bits per heavy atom. The van der Waals surface area contributed by atoms with Crippen LogP contribution in [0.1, 0.15) is 26.2 Å². The van der Waals surface area contributed by atoms with Gasteiger partial charge in [-0.2, -0.15) is 0 Å². The highest BCUT2D eigenvalue weighted by Gasteiger charge is 2.32. The fourth-order valence-corrected chi connectivity index (χ4v) is 3.83. The number of carbonyl (C=O) groups is 1. The van der Waals surface area contributed by atoms with E-state index in [0.717, 1.165) is 23.6 Å². The normalized spacial score (nSPS) is 18.8. The molecule has 0 saturated carbocycles. The lowest BCUT2D eigenvalue weighted by Gasteiger charge is -2.20. The Morgan fingerprint density at radius 3 is 3.12 bits per heavy atom. The number of thiophene rings is 1. The molecule has 128 valence electrons. The Bertz CT molecular complexity index is 724. The highest BCUT2D eigenvalue weighted by Crippen LogP contribution is 2.26. The van der Waals surface area contributed by atoms with Crippen LogP contribution >= 0.6 is 23.1 Å². The number of nitrogens with two attached hydrogens (primary N) is 1. The Balaban J connectivity index is 1.56. The molecule has 0 bridgehead atoms. The quantitative estimate of drug-likeness (QED) is 0.651. The minimum atomic E-state index is -0.355. The third-order valence-corrected chi connectivity index (χ3v) is 5.46. The monoisotopic (exact) mass is 364 g/mol. The van der Waals surface area contributed by atoms with Gasteiger partial charge >= 0.3 is 0 Å². The van der Waals surface area contributed by atoms with Crippen molar-refractivity contribution >= 4 is 34.2 Å². The zero-order valence-electron chi connectivity index (χ0n) is 13.6. The van der Waals surface area contributed by atoms with E-state index in [1.165, 1.54) is 11.8 Å². The van der Waals surface area contributed by atoms with Crippen molar-refractivity contribution in [2.45, 2.75) is 38.1 Å². The van der Waals surface area contributed by atoms with Gasteiger partial charge in [-0.1, -0.05) is 17.8 Å². The molecule has 1 unspecified atom stereocenters. The van der Waals surface area contributed by atoms with Gasteiger partial charge in [0.1, 0.15) is 6.04 Å². The molecule has 0 aliphatic carbocycles. The van der Waals surface area contributed by atoms with Gasteiger partial charge in [-0.25, -0.2) is 9.98 Å². The lowest BCUT2D eigenvalue weighted by atomic mass is 10.3. The summed E-state index contributed by atoms with van der Waals surface area (Å²) < 4.78 is 5.71. The third kappa shape index (κ3) is 3.81. The number of oxazole rings is 1. The SMILES string of the molecule is CC(C)N1CCC(N=C(N)SCc2ncc(-c3cccs3)o2)C1=O. The molecule has 0 aromatic carbocycles. The average Bonchev–Trinajstić information content (AvgIpc) is 3.26. The second-order valence-corrected chi connectivity index (χ2v) is 7.72. The Hall–Kier alpha value is -1.80. The Kier molecular flexibility index (Phi) is 5.25. The molecule has 0 spiro atoms. The number of rotatable bonds is 5. The average molecular weight is 364 g/mol. The molecule has 2 N–H and O–H groups in total. The molecule has 1 aliphatic heterocycles. The number of aromatic nitrogens is 1. The van der Waals surface area contributed by atoms with Gasteiger partial charge in [-0.05, 0) is 31.7 Å². The number of hydrogen-bond acceptors (Lipinski definition) is 6.